The van der Waals surface area contributed by atoms with Gasteiger partial charge in [-0.1, -0.05) is 11.6 Å². The minimum Gasteiger partial charge on any atom is -0.491 e. The molecular formula is C25H31ClN4O2. The molecule has 1 unspecified atom stereocenters. The van der Waals surface area contributed by atoms with Crippen LogP contribution in [-0.2, 0) is 18.3 Å². The van der Waals surface area contributed by atoms with Gasteiger partial charge in [0, 0.05) is 24.9 Å². The fourth-order valence-corrected chi connectivity index (χ4v) is 5.09. The minimum atomic E-state index is 0.205. The largest absolute Gasteiger partial charge is 0.491 e. The average Bonchev–Trinajstić information content (AvgIpc) is 3.15. The lowest BCUT2D eigenvalue weighted by molar-refractivity contribution is -0.0113. The van der Waals surface area contributed by atoms with Crippen LogP contribution in [0.5, 0.6) is 5.75 Å². The number of ether oxygens (including phenoxy) is 2. The Hall–Kier alpha value is -2.15. The summed E-state index contributed by atoms with van der Waals surface area (Å²) in [6.45, 7) is 4.37. The van der Waals surface area contributed by atoms with Gasteiger partial charge in [0.25, 0.3) is 0 Å². The predicted octanol–water partition coefficient (Wildman–Crippen LogP) is 4.95. The van der Waals surface area contributed by atoms with Gasteiger partial charge in [0.15, 0.2) is 5.65 Å². The standard InChI is InChI=1S/C25H31ClN4O2/c1-29-24(28-22-6-4-11-27-25(22)29)16-30-12-9-18(10-13-30)21-15-19(26)7-8-23(21)32-17-20-5-2-3-14-31-20/h4,6-8,11,15,18,20H,2-3,5,9-10,12-14,16-17H2,1H3. The molecule has 0 radical (unpaired) electrons. The summed E-state index contributed by atoms with van der Waals surface area (Å²) in [5.41, 5.74) is 3.14. The number of imidazole rings is 1. The van der Waals surface area contributed by atoms with Crippen LogP contribution in [0.3, 0.4) is 0 Å². The highest BCUT2D eigenvalue weighted by Gasteiger charge is 2.25. The van der Waals surface area contributed by atoms with Gasteiger partial charge >= 0.3 is 0 Å². The maximum Gasteiger partial charge on any atom is 0.159 e. The van der Waals surface area contributed by atoms with E-state index in [-0.39, 0.29) is 6.10 Å². The van der Waals surface area contributed by atoms with Crippen molar-refractivity contribution in [1.29, 1.82) is 0 Å². The molecule has 0 bridgehead atoms. The molecule has 0 saturated carbocycles. The van der Waals surface area contributed by atoms with Crippen LogP contribution in [0.25, 0.3) is 11.2 Å². The van der Waals surface area contributed by atoms with E-state index in [0.29, 0.717) is 12.5 Å². The molecule has 0 aliphatic carbocycles. The van der Waals surface area contributed by atoms with Crippen LogP contribution in [0.2, 0.25) is 5.02 Å². The Morgan fingerprint density at radius 2 is 2.03 bits per heavy atom. The molecular weight excluding hydrogens is 424 g/mol. The van der Waals surface area contributed by atoms with Gasteiger partial charge < -0.3 is 14.0 Å². The van der Waals surface area contributed by atoms with E-state index in [1.807, 2.05) is 30.5 Å². The monoisotopic (exact) mass is 454 g/mol. The van der Waals surface area contributed by atoms with Crippen molar-refractivity contribution in [3.8, 4) is 5.75 Å². The van der Waals surface area contributed by atoms with Gasteiger partial charge in [-0.3, -0.25) is 4.90 Å². The molecule has 2 aliphatic heterocycles. The number of likely N-dealkylation sites (tertiary alicyclic amines) is 1. The van der Waals surface area contributed by atoms with E-state index in [9.17, 15) is 0 Å². The van der Waals surface area contributed by atoms with E-state index in [1.165, 1.54) is 12.0 Å². The van der Waals surface area contributed by atoms with Crippen LogP contribution >= 0.6 is 11.6 Å². The van der Waals surface area contributed by atoms with Gasteiger partial charge in [0.2, 0.25) is 0 Å². The zero-order valence-corrected chi connectivity index (χ0v) is 19.4. The van der Waals surface area contributed by atoms with Gasteiger partial charge in [-0.25, -0.2) is 9.97 Å². The highest BCUT2D eigenvalue weighted by Crippen LogP contribution is 2.36. The number of hydrogen-bond acceptors (Lipinski definition) is 5. The van der Waals surface area contributed by atoms with E-state index in [1.54, 1.807) is 0 Å². The third kappa shape index (κ3) is 4.77. The lowest BCUT2D eigenvalue weighted by Gasteiger charge is -2.33. The van der Waals surface area contributed by atoms with E-state index in [0.717, 1.165) is 79.7 Å². The highest BCUT2D eigenvalue weighted by atomic mass is 35.5. The number of fused-ring (bicyclic) bond motifs is 1. The van der Waals surface area contributed by atoms with Crippen LogP contribution in [0, 0.1) is 0 Å². The maximum atomic E-state index is 6.37. The molecule has 2 saturated heterocycles. The number of aromatic nitrogens is 3. The van der Waals surface area contributed by atoms with Gasteiger partial charge in [0.1, 0.15) is 23.7 Å². The predicted molar refractivity (Wildman–Crippen MR) is 126 cm³/mol. The molecule has 2 fully saturated rings. The summed E-state index contributed by atoms with van der Waals surface area (Å²) in [7, 11) is 2.05. The van der Waals surface area contributed by atoms with E-state index in [2.05, 4.69) is 27.6 Å². The summed E-state index contributed by atoms with van der Waals surface area (Å²) < 4.78 is 14.2. The van der Waals surface area contributed by atoms with Gasteiger partial charge in [-0.05, 0) is 87.0 Å². The first-order valence-corrected chi connectivity index (χ1v) is 12.1. The molecule has 5 rings (SSSR count). The lowest BCUT2D eigenvalue weighted by Crippen LogP contribution is -2.33. The Labute approximate surface area is 194 Å². The molecule has 6 nitrogen and oxygen atoms in total. The molecule has 4 heterocycles. The zero-order chi connectivity index (χ0) is 21.9. The van der Waals surface area contributed by atoms with E-state index >= 15 is 0 Å². The number of aryl methyl sites for hydroxylation is 1. The molecule has 3 aromatic rings. The number of benzene rings is 1. The lowest BCUT2D eigenvalue weighted by atomic mass is 9.88. The van der Waals surface area contributed by atoms with Crippen LogP contribution in [0.1, 0.15) is 49.4 Å². The Balaban J connectivity index is 1.22. The van der Waals surface area contributed by atoms with Gasteiger partial charge in [0.05, 0.1) is 12.6 Å². The summed E-state index contributed by atoms with van der Waals surface area (Å²) in [4.78, 5) is 11.7. The normalized spacial score (nSPS) is 20.6. The summed E-state index contributed by atoms with van der Waals surface area (Å²) in [5, 5.41) is 0.774. The highest BCUT2D eigenvalue weighted by molar-refractivity contribution is 6.30. The molecule has 32 heavy (non-hydrogen) atoms. The van der Waals surface area contributed by atoms with Crippen molar-refractivity contribution in [3.05, 3.63) is 52.9 Å². The Bertz CT molecular complexity index is 1060. The first-order valence-electron chi connectivity index (χ1n) is 11.7. The van der Waals surface area contributed by atoms with Crippen molar-refractivity contribution in [2.75, 3.05) is 26.3 Å². The number of hydrogen-bond donors (Lipinski definition) is 0. The third-order valence-corrected chi connectivity index (χ3v) is 7.02. The van der Waals surface area contributed by atoms with Crippen LogP contribution in [0.4, 0.5) is 0 Å². The van der Waals surface area contributed by atoms with Crippen molar-refractivity contribution < 1.29 is 9.47 Å². The van der Waals surface area contributed by atoms with E-state index < -0.39 is 0 Å². The first kappa shape index (κ1) is 21.7. The number of nitrogens with zero attached hydrogens (tertiary/aromatic N) is 4. The van der Waals surface area contributed by atoms with Crippen LogP contribution < -0.4 is 4.74 Å². The molecule has 2 aromatic heterocycles. The molecule has 7 heteroatoms. The van der Waals surface area contributed by atoms with Crippen molar-refractivity contribution in [3.63, 3.8) is 0 Å². The summed E-state index contributed by atoms with van der Waals surface area (Å²) in [6.07, 6.45) is 7.66. The van der Waals surface area contributed by atoms with E-state index in [4.69, 9.17) is 26.1 Å². The quantitative estimate of drug-likeness (QED) is 0.527. The van der Waals surface area contributed by atoms with Crippen molar-refractivity contribution in [2.24, 2.45) is 7.05 Å². The van der Waals surface area contributed by atoms with Crippen molar-refractivity contribution in [1.82, 2.24) is 19.4 Å². The Morgan fingerprint density at radius 1 is 1.16 bits per heavy atom. The molecule has 0 amide bonds. The SMILES string of the molecule is Cn1c(CN2CCC(c3cc(Cl)ccc3OCC3CCCCO3)CC2)nc2cccnc21. The van der Waals surface area contributed by atoms with Gasteiger partial charge in [-0.2, -0.15) is 0 Å². The molecule has 1 aromatic carbocycles. The second-order valence-corrected chi connectivity index (χ2v) is 9.40. The summed E-state index contributed by atoms with van der Waals surface area (Å²) in [6, 6.07) is 10.0. The zero-order valence-electron chi connectivity index (χ0n) is 18.7. The van der Waals surface area contributed by atoms with Gasteiger partial charge in [-0.15, -0.1) is 0 Å². The molecule has 2 aliphatic rings. The fraction of sp³-hybridized carbons (Fsp3) is 0.520. The third-order valence-electron chi connectivity index (χ3n) is 6.78. The molecule has 1 atom stereocenters. The molecule has 170 valence electrons. The van der Waals surface area contributed by atoms with Crippen LogP contribution in [-0.4, -0.2) is 51.8 Å². The fourth-order valence-electron chi connectivity index (χ4n) is 4.91. The van der Waals surface area contributed by atoms with Crippen LogP contribution in [0.15, 0.2) is 36.5 Å². The second-order valence-electron chi connectivity index (χ2n) is 8.97. The number of rotatable bonds is 6. The Morgan fingerprint density at radius 3 is 2.81 bits per heavy atom. The number of pyridine rings is 1. The number of piperidine rings is 1. The molecule has 0 spiro atoms. The number of halogens is 1. The summed E-state index contributed by atoms with van der Waals surface area (Å²) in [5.74, 6) is 2.48. The minimum absolute atomic E-state index is 0.205. The van der Waals surface area contributed by atoms with Crippen molar-refractivity contribution in [2.45, 2.75) is 50.7 Å². The van der Waals surface area contributed by atoms with Crippen molar-refractivity contribution >= 4 is 22.8 Å². The molecule has 0 N–H and O–H groups in total. The first-order chi connectivity index (χ1) is 15.7. The summed E-state index contributed by atoms with van der Waals surface area (Å²) >= 11 is 6.37. The Kier molecular flexibility index (Phi) is 6.62. The average molecular weight is 455 g/mol. The smallest absolute Gasteiger partial charge is 0.159 e. The second kappa shape index (κ2) is 9.77. The topological polar surface area (TPSA) is 52.4 Å². The maximum absolute atomic E-state index is 6.37.